The second-order valence-corrected chi connectivity index (χ2v) is 5.46. The summed E-state index contributed by atoms with van der Waals surface area (Å²) in [6.07, 6.45) is 1.55. The highest BCUT2D eigenvalue weighted by Crippen LogP contribution is 2.30. The standard InChI is InChI=1S/C15H10Cl2N2O2/c1-8-5-11(17)13(6-10(8)16)19-7-18-14-9(15(20)21)3-2-4-12(14)19/h2-7H,1H3,(H,20,21). The van der Waals surface area contributed by atoms with Crippen molar-refractivity contribution in [3.05, 3.63) is 57.8 Å². The highest BCUT2D eigenvalue weighted by atomic mass is 35.5. The number of para-hydroxylation sites is 1. The molecular weight excluding hydrogens is 311 g/mol. The average molecular weight is 321 g/mol. The van der Waals surface area contributed by atoms with Crippen LogP contribution in [0.5, 0.6) is 0 Å². The summed E-state index contributed by atoms with van der Waals surface area (Å²) in [6.45, 7) is 1.87. The van der Waals surface area contributed by atoms with Crippen molar-refractivity contribution < 1.29 is 9.90 Å². The molecule has 4 nitrogen and oxygen atoms in total. The van der Waals surface area contributed by atoms with Crippen molar-refractivity contribution in [3.8, 4) is 5.69 Å². The van der Waals surface area contributed by atoms with Gasteiger partial charge in [-0.1, -0.05) is 29.3 Å². The third-order valence-electron chi connectivity index (χ3n) is 3.29. The van der Waals surface area contributed by atoms with E-state index in [9.17, 15) is 9.90 Å². The summed E-state index contributed by atoms with van der Waals surface area (Å²) in [7, 11) is 0. The predicted octanol–water partition coefficient (Wildman–Crippen LogP) is 4.34. The topological polar surface area (TPSA) is 55.1 Å². The molecule has 3 rings (SSSR count). The first kappa shape index (κ1) is 13.9. The molecule has 1 aromatic heterocycles. The Labute approximate surface area is 130 Å². The first-order chi connectivity index (χ1) is 9.99. The third-order valence-corrected chi connectivity index (χ3v) is 4.00. The molecule has 0 amide bonds. The smallest absolute Gasteiger partial charge is 0.337 e. The number of aromatic nitrogens is 2. The summed E-state index contributed by atoms with van der Waals surface area (Å²) in [6, 6.07) is 8.50. The molecule has 0 spiro atoms. The molecule has 0 fully saturated rings. The fraction of sp³-hybridized carbons (Fsp3) is 0.0667. The molecule has 0 aliphatic carbocycles. The van der Waals surface area contributed by atoms with Gasteiger partial charge < -0.3 is 5.11 Å². The summed E-state index contributed by atoms with van der Waals surface area (Å²) in [4.78, 5) is 15.4. The molecular formula is C15H10Cl2N2O2. The summed E-state index contributed by atoms with van der Waals surface area (Å²) >= 11 is 12.4. The number of benzene rings is 2. The summed E-state index contributed by atoms with van der Waals surface area (Å²) < 4.78 is 1.73. The van der Waals surface area contributed by atoms with Crippen LogP contribution in [0.25, 0.3) is 16.7 Å². The molecule has 0 atom stereocenters. The normalized spacial score (nSPS) is 11.0. The Morgan fingerprint density at radius 3 is 2.71 bits per heavy atom. The zero-order valence-electron chi connectivity index (χ0n) is 11.0. The lowest BCUT2D eigenvalue weighted by Crippen LogP contribution is -1.98. The van der Waals surface area contributed by atoms with Crippen molar-refractivity contribution in [1.29, 1.82) is 0 Å². The van der Waals surface area contributed by atoms with E-state index in [-0.39, 0.29) is 5.56 Å². The molecule has 1 heterocycles. The van der Waals surface area contributed by atoms with Crippen LogP contribution in [0.2, 0.25) is 10.0 Å². The molecule has 0 radical (unpaired) electrons. The van der Waals surface area contributed by atoms with E-state index in [1.54, 1.807) is 35.2 Å². The van der Waals surface area contributed by atoms with Gasteiger partial charge >= 0.3 is 5.97 Å². The highest BCUT2D eigenvalue weighted by molar-refractivity contribution is 6.35. The summed E-state index contributed by atoms with van der Waals surface area (Å²) in [5.74, 6) is -1.01. The van der Waals surface area contributed by atoms with E-state index in [0.717, 1.165) is 5.56 Å². The Morgan fingerprint density at radius 1 is 1.24 bits per heavy atom. The fourth-order valence-electron chi connectivity index (χ4n) is 2.22. The van der Waals surface area contributed by atoms with Gasteiger partial charge in [0.2, 0.25) is 0 Å². The van der Waals surface area contributed by atoms with Gasteiger partial charge in [-0.3, -0.25) is 4.57 Å². The van der Waals surface area contributed by atoms with E-state index >= 15 is 0 Å². The Bertz CT molecular complexity index is 871. The molecule has 0 aliphatic heterocycles. The second kappa shape index (κ2) is 5.06. The molecule has 21 heavy (non-hydrogen) atoms. The minimum Gasteiger partial charge on any atom is -0.478 e. The number of imidazole rings is 1. The molecule has 1 N–H and O–H groups in total. The summed E-state index contributed by atoms with van der Waals surface area (Å²) in [5, 5.41) is 10.3. The lowest BCUT2D eigenvalue weighted by molar-refractivity contribution is 0.0699. The molecule has 0 saturated heterocycles. The number of aromatic carboxylic acids is 1. The number of hydrogen-bond acceptors (Lipinski definition) is 2. The van der Waals surface area contributed by atoms with Crippen molar-refractivity contribution >= 4 is 40.2 Å². The lowest BCUT2D eigenvalue weighted by Gasteiger charge is -2.09. The number of rotatable bonds is 2. The maximum atomic E-state index is 11.2. The number of aryl methyl sites for hydroxylation is 1. The predicted molar refractivity (Wildman–Crippen MR) is 82.8 cm³/mol. The van der Waals surface area contributed by atoms with Gasteiger partial charge in [-0.2, -0.15) is 0 Å². The molecule has 0 unspecified atom stereocenters. The van der Waals surface area contributed by atoms with Crippen molar-refractivity contribution in [1.82, 2.24) is 9.55 Å². The monoisotopic (exact) mass is 320 g/mol. The van der Waals surface area contributed by atoms with Crippen molar-refractivity contribution in [2.45, 2.75) is 6.92 Å². The van der Waals surface area contributed by atoms with Crippen LogP contribution in [0.1, 0.15) is 15.9 Å². The SMILES string of the molecule is Cc1cc(Cl)c(-n2cnc3c(C(=O)O)cccc32)cc1Cl. The largest absolute Gasteiger partial charge is 0.478 e. The van der Waals surface area contributed by atoms with Crippen LogP contribution in [-0.2, 0) is 0 Å². The van der Waals surface area contributed by atoms with Crippen LogP contribution < -0.4 is 0 Å². The third kappa shape index (κ3) is 2.26. The van der Waals surface area contributed by atoms with E-state index in [4.69, 9.17) is 23.2 Å². The maximum absolute atomic E-state index is 11.2. The van der Waals surface area contributed by atoms with Crippen LogP contribution >= 0.6 is 23.2 Å². The van der Waals surface area contributed by atoms with Crippen molar-refractivity contribution in [2.24, 2.45) is 0 Å². The van der Waals surface area contributed by atoms with Gasteiger partial charge in [0, 0.05) is 5.02 Å². The number of nitrogens with zero attached hydrogens (tertiary/aromatic N) is 2. The van der Waals surface area contributed by atoms with Crippen LogP contribution in [0.15, 0.2) is 36.7 Å². The quantitative estimate of drug-likeness (QED) is 0.764. The van der Waals surface area contributed by atoms with Gasteiger partial charge in [0.15, 0.2) is 0 Å². The van der Waals surface area contributed by atoms with E-state index in [0.29, 0.717) is 26.8 Å². The minimum atomic E-state index is -1.01. The number of carbonyl (C=O) groups is 1. The maximum Gasteiger partial charge on any atom is 0.337 e. The lowest BCUT2D eigenvalue weighted by atomic mass is 10.1. The zero-order valence-corrected chi connectivity index (χ0v) is 12.5. The number of carboxylic acid groups (broad SMARTS) is 1. The molecule has 0 bridgehead atoms. The van der Waals surface area contributed by atoms with E-state index in [1.807, 2.05) is 6.92 Å². The van der Waals surface area contributed by atoms with Crippen molar-refractivity contribution in [2.75, 3.05) is 0 Å². The van der Waals surface area contributed by atoms with E-state index in [2.05, 4.69) is 4.98 Å². The fourth-order valence-corrected chi connectivity index (χ4v) is 2.69. The highest BCUT2D eigenvalue weighted by Gasteiger charge is 2.15. The number of carboxylic acids is 1. The Morgan fingerprint density at radius 2 is 2.00 bits per heavy atom. The minimum absolute atomic E-state index is 0.153. The molecule has 2 aromatic carbocycles. The number of hydrogen-bond donors (Lipinski definition) is 1. The van der Waals surface area contributed by atoms with Crippen LogP contribution in [0.4, 0.5) is 0 Å². The van der Waals surface area contributed by atoms with Crippen LogP contribution in [0, 0.1) is 6.92 Å². The van der Waals surface area contributed by atoms with Crippen LogP contribution in [-0.4, -0.2) is 20.6 Å². The van der Waals surface area contributed by atoms with E-state index in [1.165, 1.54) is 6.07 Å². The average Bonchev–Trinajstić information content (AvgIpc) is 2.86. The van der Waals surface area contributed by atoms with Gasteiger partial charge in [-0.25, -0.2) is 9.78 Å². The first-order valence-electron chi connectivity index (χ1n) is 6.14. The molecule has 6 heteroatoms. The Balaban J connectivity index is 2.30. The Hall–Kier alpha value is -2.04. The first-order valence-corrected chi connectivity index (χ1v) is 6.90. The van der Waals surface area contributed by atoms with Gasteiger partial charge in [-0.05, 0) is 36.8 Å². The summed E-state index contributed by atoms with van der Waals surface area (Å²) in [5.41, 5.74) is 2.77. The van der Waals surface area contributed by atoms with Gasteiger partial charge in [-0.15, -0.1) is 0 Å². The molecule has 3 aromatic rings. The number of fused-ring (bicyclic) bond motifs is 1. The molecule has 0 saturated carbocycles. The molecule has 106 valence electrons. The second-order valence-electron chi connectivity index (χ2n) is 4.65. The Kier molecular flexibility index (Phi) is 3.35. The van der Waals surface area contributed by atoms with Crippen LogP contribution in [0.3, 0.4) is 0 Å². The van der Waals surface area contributed by atoms with Gasteiger partial charge in [0.25, 0.3) is 0 Å². The van der Waals surface area contributed by atoms with Gasteiger partial charge in [0.1, 0.15) is 11.8 Å². The van der Waals surface area contributed by atoms with Crippen molar-refractivity contribution in [3.63, 3.8) is 0 Å². The van der Waals surface area contributed by atoms with E-state index < -0.39 is 5.97 Å². The van der Waals surface area contributed by atoms with Gasteiger partial charge in [0.05, 0.1) is 21.8 Å². The number of halogens is 2. The zero-order chi connectivity index (χ0) is 15.1. The molecule has 0 aliphatic rings.